The molecule has 0 bridgehead atoms. The lowest BCUT2D eigenvalue weighted by Gasteiger charge is -2.58. The van der Waals surface area contributed by atoms with Crippen molar-refractivity contribution in [2.45, 2.75) is 58.2 Å². The highest BCUT2D eigenvalue weighted by Gasteiger charge is 2.55. The average molecular weight is 394 g/mol. The van der Waals surface area contributed by atoms with Gasteiger partial charge in [-0.15, -0.1) is 0 Å². The standard InChI is InChI=1S/C20H32FN5O2/c1-14-7-17(25-6-5-22-11-16(25)10-21)23-26(14)15-8-20(9-15)12-24(13-20)18(27)28-19(2,3)4/h7,15-16,22H,5-6,8-13H2,1-4H3. The van der Waals surface area contributed by atoms with Crippen LogP contribution in [-0.2, 0) is 4.74 Å². The number of hydrogen-bond donors (Lipinski definition) is 1. The van der Waals surface area contributed by atoms with Crippen LogP contribution >= 0.6 is 0 Å². The number of halogens is 1. The average Bonchev–Trinajstić information content (AvgIpc) is 2.92. The Morgan fingerprint density at radius 2 is 2.11 bits per heavy atom. The molecule has 1 spiro atoms. The summed E-state index contributed by atoms with van der Waals surface area (Å²) in [4.78, 5) is 16.0. The van der Waals surface area contributed by atoms with Gasteiger partial charge in [-0.2, -0.15) is 5.10 Å². The molecule has 3 fully saturated rings. The van der Waals surface area contributed by atoms with Crippen LogP contribution < -0.4 is 10.2 Å². The zero-order valence-corrected chi connectivity index (χ0v) is 17.4. The van der Waals surface area contributed by atoms with Crippen LogP contribution in [0, 0.1) is 12.3 Å². The van der Waals surface area contributed by atoms with E-state index in [2.05, 4.69) is 27.9 Å². The van der Waals surface area contributed by atoms with Gasteiger partial charge in [0.2, 0.25) is 0 Å². The molecule has 1 amide bonds. The van der Waals surface area contributed by atoms with Crippen LogP contribution in [0.1, 0.15) is 45.3 Å². The predicted molar refractivity (Wildman–Crippen MR) is 105 cm³/mol. The Morgan fingerprint density at radius 1 is 1.39 bits per heavy atom. The van der Waals surface area contributed by atoms with E-state index in [1.807, 2.05) is 20.8 Å². The minimum atomic E-state index is -0.452. The number of carbonyl (C=O) groups is 1. The molecule has 2 saturated heterocycles. The summed E-state index contributed by atoms with van der Waals surface area (Å²) in [5, 5.41) is 8.07. The van der Waals surface area contributed by atoms with Gasteiger partial charge in [-0.3, -0.25) is 4.68 Å². The minimum Gasteiger partial charge on any atom is -0.444 e. The molecule has 4 rings (SSSR count). The third kappa shape index (κ3) is 3.58. The quantitative estimate of drug-likeness (QED) is 0.855. The number of alkyl halides is 1. The molecule has 8 heteroatoms. The first-order valence-electron chi connectivity index (χ1n) is 10.3. The van der Waals surface area contributed by atoms with Crippen molar-refractivity contribution in [2.24, 2.45) is 5.41 Å². The Balaban J connectivity index is 1.34. The Labute approximate surface area is 166 Å². The Bertz CT molecular complexity index is 729. The highest BCUT2D eigenvalue weighted by atomic mass is 19.1. The van der Waals surface area contributed by atoms with E-state index in [0.29, 0.717) is 12.6 Å². The maximum atomic E-state index is 13.4. The van der Waals surface area contributed by atoms with Gasteiger partial charge >= 0.3 is 6.09 Å². The molecule has 7 nitrogen and oxygen atoms in total. The molecule has 1 aliphatic carbocycles. The van der Waals surface area contributed by atoms with Crippen molar-refractivity contribution in [1.82, 2.24) is 20.0 Å². The van der Waals surface area contributed by atoms with Gasteiger partial charge in [0, 0.05) is 49.9 Å². The third-order valence-corrected chi connectivity index (χ3v) is 6.12. The first-order chi connectivity index (χ1) is 13.2. The largest absolute Gasteiger partial charge is 0.444 e. The lowest BCUT2D eigenvalue weighted by atomic mass is 9.61. The lowest BCUT2D eigenvalue weighted by molar-refractivity contribution is -0.0930. The van der Waals surface area contributed by atoms with Gasteiger partial charge in [0.25, 0.3) is 0 Å². The van der Waals surface area contributed by atoms with E-state index in [1.165, 1.54) is 0 Å². The van der Waals surface area contributed by atoms with Crippen molar-refractivity contribution in [2.75, 3.05) is 44.3 Å². The highest BCUT2D eigenvalue weighted by molar-refractivity contribution is 5.69. The molecule has 0 radical (unpaired) electrons. The Hall–Kier alpha value is -1.83. The topological polar surface area (TPSA) is 62.6 Å². The molecule has 0 aromatic carbocycles. The smallest absolute Gasteiger partial charge is 0.410 e. The minimum absolute atomic E-state index is 0.141. The second-order valence-corrected chi connectivity index (χ2v) is 9.69. The fourth-order valence-corrected chi connectivity index (χ4v) is 4.77. The van der Waals surface area contributed by atoms with Crippen LogP contribution in [0.25, 0.3) is 0 Å². The summed E-state index contributed by atoms with van der Waals surface area (Å²) in [6.07, 6.45) is 1.85. The number of aryl methyl sites for hydroxylation is 1. The van der Waals surface area contributed by atoms with Gasteiger partial charge in [-0.05, 0) is 40.5 Å². The monoisotopic (exact) mass is 393 g/mol. The lowest BCUT2D eigenvalue weighted by Crippen LogP contribution is -2.64. The van der Waals surface area contributed by atoms with E-state index >= 15 is 0 Å². The number of anilines is 1. The third-order valence-electron chi connectivity index (χ3n) is 6.12. The van der Waals surface area contributed by atoms with Gasteiger partial charge in [-0.1, -0.05) is 0 Å². The van der Waals surface area contributed by atoms with Gasteiger partial charge in [0.15, 0.2) is 5.82 Å². The van der Waals surface area contributed by atoms with Crippen molar-refractivity contribution in [1.29, 1.82) is 0 Å². The molecule has 1 atom stereocenters. The SMILES string of the molecule is Cc1cc(N2CCNCC2CF)nn1C1CC2(C1)CN(C(=O)OC(C)(C)C)C2. The number of nitrogens with zero attached hydrogens (tertiary/aromatic N) is 4. The van der Waals surface area contributed by atoms with Gasteiger partial charge in [0.05, 0.1) is 12.1 Å². The van der Waals surface area contributed by atoms with E-state index in [1.54, 1.807) is 4.90 Å². The number of rotatable bonds is 3. The summed E-state index contributed by atoms with van der Waals surface area (Å²) in [5.41, 5.74) is 0.886. The van der Waals surface area contributed by atoms with Crippen molar-refractivity contribution >= 4 is 11.9 Å². The summed E-state index contributed by atoms with van der Waals surface area (Å²) in [6.45, 7) is 11.2. The predicted octanol–water partition coefficient (Wildman–Crippen LogP) is 2.51. The van der Waals surface area contributed by atoms with E-state index in [9.17, 15) is 9.18 Å². The molecular weight excluding hydrogens is 361 g/mol. The molecule has 1 saturated carbocycles. The molecule has 1 aromatic heterocycles. The number of nitrogens with one attached hydrogen (secondary N) is 1. The van der Waals surface area contributed by atoms with Crippen molar-refractivity contribution < 1.29 is 13.9 Å². The molecule has 2 aliphatic heterocycles. The molecule has 1 aromatic rings. The van der Waals surface area contributed by atoms with Crippen LogP contribution in [0.15, 0.2) is 6.07 Å². The number of likely N-dealkylation sites (tertiary alicyclic amines) is 1. The van der Waals surface area contributed by atoms with Crippen LogP contribution in [0.2, 0.25) is 0 Å². The Morgan fingerprint density at radius 3 is 2.75 bits per heavy atom. The molecule has 3 aliphatic rings. The maximum Gasteiger partial charge on any atom is 0.410 e. The number of aromatic nitrogens is 2. The number of hydrogen-bond acceptors (Lipinski definition) is 5. The van der Waals surface area contributed by atoms with E-state index in [4.69, 9.17) is 9.84 Å². The highest BCUT2D eigenvalue weighted by Crippen LogP contribution is 2.54. The van der Waals surface area contributed by atoms with Crippen molar-refractivity contribution in [3.8, 4) is 0 Å². The number of amides is 1. The molecule has 156 valence electrons. The zero-order chi connectivity index (χ0) is 20.1. The Kier molecular flexibility index (Phi) is 4.80. The second kappa shape index (κ2) is 6.90. The van der Waals surface area contributed by atoms with Gasteiger partial charge in [-0.25, -0.2) is 9.18 Å². The molecule has 1 N–H and O–H groups in total. The van der Waals surface area contributed by atoms with Crippen LogP contribution in [-0.4, -0.2) is 71.8 Å². The number of ether oxygens (including phenoxy) is 1. The van der Waals surface area contributed by atoms with Crippen LogP contribution in [0.3, 0.4) is 0 Å². The first-order valence-corrected chi connectivity index (χ1v) is 10.3. The number of piperazine rings is 1. The van der Waals surface area contributed by atoms with E-state index in [0.717, 1.165) is 50.5 Å². The first kappa shape index (κ1) is 19.5. The van der Waals surface area contributed by atoms with E-state index in [-0.39, 0.29) is 24.2 Å². The van der Waals surface area contributed by atoms with Gasteiger partial charge in [0.1, 0.15) is 12.3 Å². The fraction of sp³-hybridized carbons (Fsp3) is 0.800. The second-order valence-electron chi connectivity index (χ2n) is 9.69. The summed E-state index contributed by atoms with van der Waals surface area (Å²) < 4.78 is 20.9. The summed E-state index contributed by atoms with van der Waals surface area (Å²) in [5.74, 6) is 0.881. The molecule has 1 unspecified atom stereocenters. The summed E-state index contributed by atoms with van der Waals surface area (Å²) in [7, 11) is 0. The van der Waals surface area contributed by atoms with Crippen molar-refractivity contribution in [3.63, 3.8) is 0 Å². The number of carbonyl (C=O) groups excluding carboxylic acids is 1. The maximum absolute atomic E-state index is 13.4. The zero-order valence-electron chi connectivity index (χ0n) is 17.4. The van der Waals surface area contributed by atoms with Gasteiger partial charge < -0.3 is 19.9 Å². The molecular formula is C20H32FN5O2. The molecule has 3 heterocycles. The summed E-state index contributed by atoms with van der Waals surface area (Å²) in [6, 6.07) is 2.30. The van der Waals surface area contributed by atoms with Crippen LogP contribution in [0.5, 0.6) is 0 Å². The normalized spacial score (nSPS) is 24.8. The molecule has 28 heavy (non-hydrogen) atoms. The van der Waals surface area contributed by atoms with Crippen LogP contribution in [0.4, 0.5) is 15.0 Å². The fourth-order valence-electron chi connectivity index (χ4n) is 4.77. The van der Waals surface area contributed by atoms with E-state index < -0.39 is 5.60 Å². The summed E-state index contributed by atoms with van der Waals surface area (Å²) >= 11 is 0. The van der Waals surface area contributed by atoms with Crippen molar-refractivity contribution in [3.05, 3.63) is 11.8 Å².